The van der Waals surface area contributed by atoms with E-state index in [1.807, 2.05) is 6.07 Å². The molecule has 0 radical (unpaired) electrons. The van der Waals surface area contributed by atoms with Crippen LogP contribution >= 0.6 is 34.8 Å². The van der Waals surface area contributed by atoms with Gasteiger partial charge in [-0.1, -0.05) is 59.1 Å². The number of carboxylic acids is 1. The van der Waals surface area contributed by atoms with Crippen molar-refractivity contribution in [2.75, 3.05) is 19.3 Å². The lowest BCUT2D eigenvalue weighted by molar-refractivity contribution is -0.139. The third-order valence-corrected chi connectivity index (χ3v) is 9.09. The minimum absolute atomic E-state index is 0.00644. The van der Waals surface area contributed by atoms with E-state index in [9.17, 15) is 28.2 Å². The van der Waals surface area contributed by atoms with Crippen molar-refractivity contribution in [3.8, 4) is 0 Å². The summed E-state index contributed by atoms with van der Waals surface area (Å²) in [5.74, 6) is -2.02. The molecule has 12 heteroatoms. The maximum absolute atomic E-state index is 13.2. The molecular formula is C29H29Cl3N2O6S. The molecule has 0 fully saturated rings. The summed E-state index contributed by atoms with van der Waals surface area (Å²) in [6.07, 6.45) is 1.30. The van der Waals surface area contributed by atoms with Crippen molar-refractivity contribution in [2.45, 2.75) is 42.8 Å². The molecule has 1 aliphatic heterocycles. The van der Waals surface area contributed by atoms with Crippen molar-refractivity contribution >= 4 is 56.5 Å². The number of hydrogen-bond acceptors (Lipinski definition) is 6. The average molecular weight is 640 g/mol. The van der Waals surface area contributed by atoms with E-state index in [0.29, 0.717) is 43.1 Å². The summed E-state index contributed by atoms with van der Waals surface area (Å²) in [5, 5.41) is 23.6. The largest absolute Gasteiger partial charge is 0.480 e. The van der Waals surface area contributed by atoms with Gasteiger partial charge in [0.15, 0.2) is 9.84 Å². The molecule has 41 heavy (non-hydrogen) atoms. The zero-order valence-corrected chi connectivity index (χ0v) is 25.2. The molecule has 3 aromatic carbocycles. The second-order valence-electron chi connectivity index (χ2n) is 10.1. The van der Waals surface area contributed by atoms with E-state index >= 15 is 0 Å². The molecule has 3 aromatic rings. The second-order valence-corrected chi connectivity index (χ2v) is 13.3. The summed E-state index contributed by atoms with van der Waals surface area (Å²) < 4.78 is 23.8. The van der Waals surface area contributed by atoms with Gasteiger partial charge in [0.05, 0.1) is 26.6 Å². The monoisotopic (exact) mass is 638 g/mol. The predicted octanol–water partition coefficient (Wildman–Crippen LogP) is 4.96. The van der Waals surface area contributed by atoms with Crippen LogP contribution in [0, 0.1) is 0 Å². The molecule has 0 aromatic heterocycles. The van der Waals surface area contributed by atoms with Gasteiger partial charge in [0.1, 0.15) is 6.04 Å². The Hall–Kier alpha value is -2.66. The Balaban J connectivity index is 1.45. The Labute approximate surface area is 253 Å². The Kier molecular flexibility index (Phi) is 10.00. The third kappa shape index (κ3) is 7.80. The van der Waals surface area contributed by atoms with Gasteiger partial charge in [0.25, 0.3) is 5.91 Å². The third-order valence-electron chi connectivity index (χ3n) is 7.03. The van der Waals surface area contributed by atoms with Crippen molar-refractivity contribution in [3.05, 3.63) is 97.5 Å². The number of benzene rings is 3. The number of rotatable bonds is 10. The molecule has 8 nitrogen and oxygen atoms in total. The molecule has 0 saturated carbocycles. The summed E-state index contributed by atoms with van der Waals surface area (Å²) in [5.41, 5.74) is 2.80. The van der Waals surface area contributed by atoms with Crippen LogP contribution in [0.3, 0.4) is 0 Å². The number of aliphatic hydroxyl groups is 1. The number of hydrogen-bond donors (Lipinski definition) is 3. The fourth-order valence-corrected chi connectivity index (χ4v) is 6.52. The second kappa shape index (κ2) is 13.1. The number of aliphatic hydroxyl groups excluding tert-OH is 1. The number of carboxylic acid groups (broad SMARTS) is 1. The Morgan fingerprint density at radius 1 is 1.07 bits per heavy atom. The van der Waals surface area contributed by atoms with E-state index in [-0.39, 0.29) is 26.9 Å². The van der Waals surface area contributed by atoms with Crippen molar-refractivity contribution in [1.29, 1.82) is 0 Å². The number of nitrogens with zero attached hydrogens (tertiary/aromatic N) is 1. The number of nitrogens with one attached hydrogen (secondary N) is 1. The summed E-state index contributed by atoms with van der Waals surface area (Å²) in [4.78, 5) is 27.4. The number of sulfone groups is 1. The molecule has 0 spiro atoms. The van der Waals surface area contributed by atoms with Gasteiger partial charge in [-0.25, -0.2) is 13.2 Å². The van der Waals surface area contributed by atoms with Crippen molar-refractivity contribution in [1.82, 2.24) is 10.2 Å². The van der Waals surface area contributed by atoms with Crippen molar-refractivity contribution in [3.63, 3.8) is 0 Å². The molecule has 1 unspecified atom stereocenters. The average Bonchev–Trinajstić information content (AvgIpc) is 2.90. The Bertz CT molecular complexity index is 1580. The lowest BCUT2D eigenvalue weighted by Gasteiger charge is -2.31. The standard InChI is InChI=1S/C29H29Cl3N2O6S/c1-41(39,40)21-7-2-4-17(12-21)13-24(29(37)38)33-28(36)26-23(31)15-19-16-34(10-8-22(19)27(26)32)11-9-25(35)18-5-3-6-20(30)14-18/h2-7,12,14-15,24-25,35H,8-11,13,16H2,1H3,(H,33,36)(H,37,38)/t24-,25?/m0/s1. The Morgan fingerprint density at radius 3 is 2.49 bits per heavy atom. The lowest BCUT2D eigenvalue weighted by Crippen LogP contribution is -2.42. The van der Waals surface area contributed by atoms with E-state index in [1.54, 1.807) is 30.3 Å². The molecule has 2 atom stereocenters. The fourth-order valence-electron chi connectivity index (χ4n) is 4.86. The topological polar surface area (TPSA) is 124 Å². The molecule has 218 valence electrons. The van der Waals surface area contributed by atoms with E-state index in [1.165, 1.54) is 18.2 Å². The van der Waals surface area contributed by atoms with Gasteiger partial charge < -0.3 is 15.5 Å². The molecule has 0 saturated heterocycles. The molecule has 4 rings (SSSR count). The van der Waals surface area contributed by atoms with E-state index in [2.05, 4.69) is 10.2 Å². The normalized spacial score (nSPS) is 15.1. The first-order valence-electron chi connectivity index (χ1n) is 12.8. The predicted molar refractivity (Wildman–Crippen MR) is 159 cm³/mol. The minimum atomic E-state index is -3.48. The van der Waals surface area contributed by atoms with Crippen LogP contribution in [0.4, 0.5) is 0 Å². The molecule has 0 bridgehead atoms. The first kappa shape index (κ1) is 31.3. The number of carbonyl (C=O) groups excluding carboxylic acids is 1. The van der Waals surface area contributed by atoms with E-state index in [4.69, 9.17) is 34.8 Å². The number of aliphatic carboxylic acids is 1. The molecule has 1 heterocycles. The quantitative estimate of drug-likeness (QED) is 0.287. The SMILES string of the molecule is CS(=O)(=O)c1cccc(C[C@H](NC(=O)c2c(Cl)cc3c(c2Cl)CCN(CCC(O)c2cccc(Cl)c2)C3)C(=O)O)c1. The van der Waals surface area contributed by atoms with Crippen LogP contribution in [0.2, 0.25) is 15.1 Å². The summed E-state index contributed by atoms with van der Waals surface area (Å²) in [6, 6.07) is 13.4. The molecule has 1 aliphatic rings. The van der Waals surface area contributed by atoms with Crippen LogP contribution in [-0.4, -0.2) is 60.8 Å². The van der Waals surface area contributed by atoms with Gasteiger partial charge in [-0.15, -0.1) is 0 Å². The number of amides is 1. The first-order valence-corrected chi connectivity index (χ1v) is 15.8. The first-order chi connectivity index (χ1) is 19.3. The summed E-state index contributed by atoms with van der Waals surface area (Å²) in [6.45, 7) is 1.78. The van der Waals surface area contributed by atoms with Gasteiger partial charge >= 0.3 is 5.97 Å². The zero-order valence-electron chi connectivity index (χ0n) is 22.1. The number of carbonyl (C=O) groups is 2. The zero-order chi connectivity index (χ0) is 29.9. The lowest BCUT2D eigenvalue weighted by atomic mass is 9.95. The highest BCUT2D eigenvalue weighted by Gasteiger charge is 2.28. The van der Waals surface area contributed by atoms with Crippen LogP contribution < -0.4 is 5.32 Å². The van der Waals surface area contributed by atoms with Crippen LogP contribution in [0.1, 0.15) is 45.1 Å². The van der Waals surface area contributed by atoms with Crippen LogP contribution in [-0.2, 0) is 34.0 Å². The number of fused-ring (bicyclic) bond motifs is 1. The van der Waals surface area contributed by atoms with Crippen LogP contribution in [0.25, 0.3) is 0 Å². The van der Waals surface area contributed by atoms with Gasteiger partial charge in [-0.05, 0) is 65.4 Å². The Morgan fingerprint density at radius 2 is 1.80 bits per heavy atom. The maximum Gasteiger partial charge on any atom is 0.326 e. The van der Waals surface area contributed by atoms with Gasteiger partial charge in [-0.2, -0.15) is 0 Å². The van der Waals surface area contributed by atoms with Crippen LogP contribution in [0.5, 0.6) is 0 Å². The van der Waals surface area contributed by atoms with E-state index in [0.717, 1.165) is 22.9 Å². The highest BCUT2D eigenvalue weighted by Crippen LogP contribution is 2.35. The molecular weight excluding hydrogens is 611 g/mol. The van der Waals surface area contributed by atoms with Crippen molar-refractivity contribution < 1.29 is 28.2 Å². The number of halogens is 3. The molecule has 3 N–H and O–H groups in total. The molecule has 1 amide bonds. The smallest absolute Gasteiger partial charge is 0.326 e. The van der Waals surface area contributed by atoms with Gasteiger partial charge in [0.2, 0.25) is 0 Å². The summed E-state index contributed by atoms with van der Waals surface area (Å²) in [7, 11) is -3.48. The van der Waals surface area contributed by atoms with Gasteiger partial charge in [0, 0.05) is 37.3 Å². The molecule has 0 aliphatic carbocycles. The highest BCUT2D eigenvalue weighted by atomic mass is 35.5. The minimum Gasteiger partial charge on any atom is -0.480 e. The van der Waals surface area contributed by atoms with E-state index < -0.39 is 33.9 Å². The highest BCUT2D eigenvalue weighted by molar-refractivity contribution is 7.90. The van der Waals surface area contributed by atoms with Crippen molar-refractivity contribution in [2.24, 2.45) is 0 Å². The maximum atomic E-state index is 13.2. The summed E-state index contributed by atoms with van der Waals surface area (Å²) >= 11 is 19.2. The van der Waals surface area contributed by atoms with Gasteiger partial charge in [-0.3, -0.25) is 9.69 Å². The van der Waals surface area contributed by atoms with Crippen LogP contribution in [0.15, 0.2) is 59.5 Å². The fraction of sp³-hybridized carbons (Fsp3) is 0.310.